The predicted octanol–water partition coefficient (Wildman–Crippen LogP) is 2.32. The van der Waals surface area contributed by atoms with Gasteiger partial charge in [-0.25, -0.2) is 0 Å². The van der Waals surface area contributed by atoms with Gasteiger partial charge in [-0.1, -0.05) is 0 Å². The third-order valence-electron chi connectivity index (χ3n) is 4.07. The minimum atomic E-state index is 0.0148. The maximum Gasteiger partial charge on any atom is 0.228 e. The number of piperidine rings is 1. The first kappa shape index (κ1) is 16.3. The summed E-state index contributed by atoms with van der Waals surface area (Å²) in [6.45, 7) is 2.50. The van der Waals surface area contributed by atoms with Crippen molar-refractivity contribution in [3.8, 4) is 6.07 Å². The normalized spacial score (nSPS) is 18.5. The number of nitrogens with one attached hydrogen (secondary N) is 1. The van der Waals surface area contributed by atoms with Crippen LogP contribution in [0.3, 0.4) is 0 Å². The molecule has 2 rings (SSSR count). The third kappa shape index (κ3) is 4.47. The summed E-state index contributed by atoms with van der Waals surface area (Å²) in [6, 6.07) is 10.0. The van der Waals surface area contributed by atoms with Crippen LogP contribution in [-0.2, 0) is 4.79 Å². The minimum absolute atomic E-state index is 0.0148. The maximum atomic E-state index is 12.4. The molecule has 5 heteroatoms. The molecule has 5 nitrogen and oxygen atoms in total. The average Bonchev–Trinajstić information content (AvgIpc) is 2.53. The van der Waals surface area contributed by atoms with Crippen LogP contribution in [0.4, 0.5) is 11.4 Å². The molecule has 0 bridgehead atoms. The highest BCUT2D eigenvalue weighted by Gasteiger charge is 2.25. The number of likely N-dealkylation sites (tertiary alicyclic amines) is 1. The molecule has 1 fully saturated rings. The van der Waals surface area contributed by atoms with Crippen molar-refractivity contribution in [2.75, 3.05) is 43.9 Å². The summed E-state index contributed by atoms with van der Waals surface area (Å²) in [4.78, 5) is 16.6. The van der Waals surface area contributed by atoms with Crippen molar-refractivity contribution in [3.05, 3.63) is 24.3 Å². The Morgan fingerprint density at radius 3 is 2.77 bits per heavy atom. The number of carbonyl (C=O) groups is 1. The highest BCUT2D eigenvalue weighted by Crippen LogP contribution is 2.20. The van der Waals surface area contributed by atoms with Crippen LogP contribution in [0.5, 0.6) is 0 Å². The second kappa shape index (κ2) is 7.81. The SMILES string of the molecule is CN(C)c1ccc(NC(=O)C2CCCN(CCC#N)C2)cc1. The van der Waals surface area contributed by atoms with Crippen LogP contribution in [-0.4, -0.2) is 44.5 Å². The molecular weight excluding hydrogens is 276 g/mol. The summed E-state index contributed by atoms with van der Waals surface area (Å²) in [7, 11) is 3.98. The van der Waals surface area contributed by atoms with Crippen LogP contribution in [0.15, 0.2) is 24.3 Å². The van der Waals surface area contributed by atoms with Crippen molar-refractivity contribution in [1.29, 1.82) is 5.26 Å². The van der Waals surface area contributed by atoms with E-state index in [9.17, 15) is 4.79 Å². The van der Waals surface area contributed by atoms with Gasteiger partial charge in [0.25, 0.3) is 0 Å². The zero-order valence-electron chi connectivity index (χ0n) is 13.4. The quantitative estimate of drug-likeness (QED) is 0.906. The summed E-state index contributed by atoms with van der Waals surface area (Å²) in [5.41, 5.74) is 1.95. The molecule has 0 aromatic heterocycles. The van der Waals surface area contributed by atoms with E-state index in [0.717, 1.165) is 43.9 Å². The summed E-state index contributed by atoms with van der Waals surface area (Å²) >= 11 is 0. The van der Waals surface area contributed by atoms with Gasteiger partial charge in [0.15, 0.2) is 0 Å². The highest BCUT2D eigenvalue weighted by molar-refractivity contribution is 5.92. The molecule has 1 aromatic carbocycles. The van der Waals surface area contributed by atoms with Gasteiger partial charge >= 0.3 is 0 Å². The van der Waals surface area contributed by atoms with E-state index in [2.05, 4.69) is 16.3 Å². The number of nitriles is 1. The number of hydrogen-bond acceptors (Lipinski definition) is 4. The Labute approximate surface area is 132 Å². The number of anilines is 2. The zero-order chi connectivity index (χ0) is 15.9. The van der Waals surface area contributed by atoms with E-state index in [1.807, 2.05) is 43.3 Å². The Morgan fingerprint density at radius 2 is 2.14 bits per heavy atom. The van der Waals surface area contributed by atoms with Gasteiger partial charge < -0.3 is 15.1 Å². The van der Waals surface area contributed by atoms with E-state index >= 15 is 0 Å². The molecule has 0 saturated carbocycles. The van der Waals surface area contributed by atoms with Crippen molar-refractivity contribution in [1.82, 2.24) is 4.90 Å². The van der Waals surface area contributed by atoms with Gasteiger partial charge in [-0.05, 0) is 43.7 Å². The van der Waals surface area contributed by atoms with Gasteiger partial charge in [0.1, 0.15) is 0 Å². The monoisotopic (exact) mass is 300 g/mol. The fourth-order valence-electron chi connectivity index (χ4n) is 2.77. The Hall–Kier alpha value is -2.06. The molecule has 0 spiro atoms. The van der Waals surface area contributed by atoms with E-state index in [1.54, 1.807) is 0 Å². The van der Waals surface area contributed by atoms with E-state index in [4.69, 9.17) is 5.26 Å². The molecule has 1 amide bonds. The lowest BCUT2D eigenvalue weighted by Crippen LogP contribution is -2.41. The van der Waals surface area contributed by atoms with Crippen LogP contribution in [0, 0.1) is 17.2 Å². The Morgan fingerprint density at radius 1 is 1.41 bits per heavy atom. The Kier molecular flexibility index (Phi) is 5.79. The Bertz CT molecular complexity index is 533. The maximum absolute atomic E-state index is 12.4. The third-order valence-corrected chi connectivity index (χ3v) is 4.07. The lowest BCUT2D eigenvalue weighted by Gasteiger charge is -2.31. The van der Waals surface area contributed by atoms with Crippen molar-refractivity contribution < 1.29 is 4.79 Å². The molecule has 118 valence electrons. The van der Waals surface area contributed by atoms with Crippen LogP contribution in [0.2, 0.25) is 0 Å². The number of carbonyl (C=O) groups excluding carboxylic acids is 1. The van der Waals surface area contributed by atoms with Gasteiger partial charge in [0.2, 0.25) is 5.91 Å². The van der Waals surface area contributed by atoms with E-state index < -0.39 is 0 Å². The molecule has 0 aliphatic carbocycles. The van der Waals surface area contributed by atoms with Gasteiger partial charge in [-0.15, -0.1) is 0 Å². The lowest BCUT2D eigenvalue weighted by molar-refractivity contribution is -0.121. The van der Waals surface area contributed by atoms with Crippen molar-refractivity contribution in [2.45, 2.75) is 19.3 Å². The Balaban J connectivity index is 1.89. The standard InChI is InChI=1S/C17H24N4O/c1-20(2)16-8-6-15(7-9-16)19-17(22)14-5-3-11-21(13-14)12-4-10-18/h6-9,14H,3-5,11-13H2,1-2H3,(H,19,22). The number of nitrogens with zero attached hydrogens (tertiary/aromatic N) is 3. The van der Waals surface area contributed by atoms with Crippen LogP contribution >= 0.6 is 0 Å². The number of amides is 1. The molecule has 1 aliphatic heterocycles. The topological polar surface area (TPSA) is 59.4 Å². The number of rotatable bonds is 5. The van der Waals surface area contributed by atoms with Crippen molar-refractivity contribution in [3.63, 3.8) is 0 Å². The minimum Gasteiger partial charge on any atom is -0.378 e. The average molecular weight is 300 g/mol. The first-order valence-corrected chi connectivity index (χ1v) is 7.77. The molecule has 1 heterocycles. The number of hydrogen-bond donors (Lipinski definition) is 1. The molecule has 1 aliphatic rings. The van der Waals surface area contributed by atoms with Gasteiger partial charge in [0.05, 0.1) is 12.0 Å². The van der Waals surface area contributed by atoms with E-state index in [-0.39, 0.29) is 11.8 Å². The molecule has 1 unspecified atom stereocenters. The largest absolute Gasteiger partial charge is 0.378 e. The van der Waals surface area contributed by atoms with E-state index in [0.29, 0.717) is 6.42 Å². The second-order valence-corrected chi connectivity index (χ2v) is 5.98. The predicted molar refractivity (Wildman–Crippen MR) is 88.8 cm³/mol. The van der Waals surface area contributed by atoms with Crippen molar-refractivity contribution in [2.24, 2.45) is 5.92 Å². The van der Waals surface area contributed by atoms with E-state index in [1.165, 1.54) is 0 Å². The van der Waals surface area contributed by atoms with Crippen LogP contribution < -0.4 is 10.2 Å². The zero-order valence-corrected chi connectivity index (χ0v) is 13.4. The summed E-state index contributed by atoms with van der Waals surface area (Å²) in [5, 5.41) is 11.7. The van der Waals surface area contributed by atoms with Gasteiger partial charge in [-0.3, -0.25) is 4.79 Å². The lowest BCUT2D eigenvalue weighted by atomic mass is 9.97. The molecule has 1 aromatic rings. The van der Waals surface area contributed by atoms with Crippen molar-refractivity contribution >= 4 is 17.3 Å². The summed E-state index contributed by atoms with van der Waals surface area (Å²) in [5.74, 6) is 0.0974. The second-order valence-electron chi connectivity index (χ2n) is 5.98. The number of benzene rings is 1. The summed E-state index contributed by atoms with van der Waals surface area (Å²) < 4.78 is 0. The fraction of sp³-hybridized carbons (Fsp3) is 0.529. The molecule has 22 heavy (non-hydrogen) atoms. The molecular formula is C17H24N4O. The first-order valence-electron chi connectivity index (χ1n) is 7.77. The molecule has 1 saturated heterocycles. The molecule has 0 radical (unpaired) electrons. The van der Waals surface area contributed by atoms with Gasteiger partial charge in [0, 0.05) is 45.0 Å². The van der Waals surface area contributed by atoms with Crippen LogP contribution in [0.1, 0.15) is 19.3 Å². The first-order chi connectivity index (χ1) is 10.6. The van der Waals surface area contributed by atoms with Gasteiger partial charge in [-0.2, -0.15) is 5.26 Å². The smallest absolute Gasteiger partial charge is 0.228 e. The fourth-order valence-corrected chi connectivity index (χ4v) is 2.77. The molecule has 1 atom stereocenters. The summed E-state index contributed by atoms with van der Waals surface area (Å²) in [6.07, 6.45) is 2.47. The van der Waals surface area contributed by atoms with Crippen LogP contribution in [0.25, 0.3) is 0 Å². The molecule has 1 N–H and O–H groups in total. The highest BCUT2D eigenvalue weighted by atomic mass is 16.1.